The van der Waals surface area contributed by atoms with Gasteiger partial charge >= 0.3 is 0 Å². The number of primary amides is 1. The zero-order valence-electron chi connectivity index (χ0n) is 7.94. The third kappa shape index (κ3) is 1.77. The first-order chi connectivity index (χ1) is 6.77. The van der Waals surface area contributed by atoms with Crippen molar-refractivity contribution >= 4 is 5.91 Å². The molecule has 0 spiro atoms. The van der Waals surface area contributed by atoms with E-state index in [1.54, 1.807) is 6.07 Å². The first kappa shape index (κ1) is 9.21. The Morgan fingerprint density at radius 1 is 1.57 bits per heavy atom. The minimum Gasteiger partial charge on any atom is -0.364 e. The normalized spacial score (nSPS) is 18.3. The maximum atomic E-state index is 10.8. The monoisotopic (exact) mass is 194 g/mol. The molecule has 1 aliphatic rings. The molecular weight excluding hydrogens is 180 g/mol. The van der Waals surface area contributed by atoms with Crippen LogP contribution in [-0.2, 0) is 0 Å². The predicted molar refractivity (Wildman–Crippen MR) is 51.9 cm³/mol. The van der Waals surface area contributed by atoms with Crippen molar-refractivity contribution in [1.82, 2.24) is 15.1 Å². The number of piperidine rings is 1. The van der Waals surface area contributed by atoms with Crippen LogP contribution in [0.2, 0.25) is 0 Å². The summed E-state index contributed by atoms with van der Waals surface area (Å²) < 4.78 is 1.85. The number of carbonyl (C=O) groups is 1. The molecule has 0 atom stereocenters. The second-order valence-corrected chi connectivity index (χ2v) is 3.53. The van der Waals surface area contributed by atoms with Gasteiger partial charge in [0.05, 0.1) is 6.04 Å². The summed E-state index contributed by atoms with van der Waals surface area (Å²) in [4.78, 5) is 10.8. The molecule has 1 aliphatic heterocycles. The van der Waals surface area contributed by atoms with Gasteiger partial charge in [0.15, 0.2) is 0 Å². The van der Waals surface area contributed by atoms with Gasteiger partial charge in [0, 0.05) is 6.20 Å². The summed E-state index contributed by atoms with van der Waals surface area (Å²) in [5.41, 5.74) is 5.48. The lowest BCUT2D eigenvalue weighted by Gasteiger charge is -2.22. The van der Waals surface area contributed by atoms with Gasteiger partial charge in [-0.05, 0) is 32.0 Å². The number of nitrogens with one attached hydrogen (secondary N) is 1. The Balaban J connectivity index is 2.11. The second-order valence-electron chi connectivity index (χ2n) is 3.53. The average molecular weight is 194 g/mol. The largest absolute Gasteiger partial charge is 0.364 e. The van der Waals surface area contributed by atoms with E-state index in [0.717, 1.165) is 25.9 Å². The zero-order chi connectivity index (χ0) is 9.97. The number of hydrogen-bond acceptors (Lipinski definition) is 3. The van der Waals surface area contributed by atoms with Gasteiger partial charge in [-0.25, -0.2) is 0 Å². The van der Waals surface area contributed by atoms with Gasteiger partial charge in [0.25, 0.3) is 5.91 Å². The highest BCUT2D eigenvalue weighted by molar-refractivity contribution is 5.90. The molecule has 1 aromatic rings. The fraction of sp³-hybridized carbons (Fsp3) is 0.556. The van der Waals surface area contributed by atoms with E-state index >= 15 is 0 Å². The highest BCUT2D eigenvalue weighted by Gasteiger charge is 2.16. The highest BCUT2D eigenvalue weighted by atomic mass is 16.1. The average Bonchev–Trinajstić information content (AvgIpc) is 2.68. The van der Waals surface area contributed by atoms with Crippen molar-refractivity contribution in [2.24, 2.45) is 5.73 Å². The van der Waals surface area contributed by atoms with Crippen molar-refractivity contribution in [3.05, 3.63) is 18.0 Å². The van der Waals surface area contributed by atoms with E-state index in [-0.39, 0.29) is 0 Å². The first-order valence-electron chi connectivity index (χ1n) is 4.83. The lowest BCUT2D eigenvalue weighted by atomic mass is 10.1. The zero-order valence-corrected chi connectivity index (χ0v) is 7.94. The van der Waals surface area contributed by atoms with E-state index in [1.165, 1.54) is 0 Å². The van der Waals surface area contributed by atoms with Crippen LogP contribution in [0.15, 0.2) is 12.3 Å². The first-order valence-corrected chi connectivity index (χ1v) is 4.83. The molecule has 3 N–H and O–H groups in total. The predicted octanol–water partition coefficient (Wildman–Crippen LogP) is -0.0935. The maximum absolute atomic E-state index is 10.8. The minimum atomic E-state index is -0.460. The van der Waals surface area contributed by atoms with Crippen molar-refractivity contribution in [1.29, 1.82) is 0 Å². The van der Waals surface area contributed by atoms with Crippen LogP contribution in [0.25, 0.3) is 0 Å². The molecule has 1 saturated heterocycles. The Bertz CT molecular complexity index is 327. The number of rotatable bonds is 2. The summed E-state index contributed by atoms with van der Waals surface area (Å²) in [6.07, 6.45) is 3.94. The highest BCUT2D eigenvalue weighted by Crippen LogP contribution is 2.17. The molecule has 1 fully saturated rings. The van der Waals surface area contributed by atoms with Gasteiger partial charge < -0.3 is 11.1 Å². The quantitative estimate of drug-likeness (QED) is 0.691. The van der Waals surface area contributed by atoms with Gasteiger partial charge in [-0.3, -0.25) is 9.48 Å². The number of aromatic nitrogens is 2. The van der Waals surface area contributed by atoms with E-state index < -0.39 is 5.91 Å². The summed E-state index contributed by atoms with van der Waals surface area (Å²) >= 11 is 0. The molecule has 0 saturated carbocycles. The molecule has 5 heteroatoms. The van der Waals surface area contributed by atoms with Crippen LogP contribution in [0.1, 0.15) is 29.4 Å². The fourth-order valence-electron chi connectivity index (χ4n) is 1.74. The summed E-state index contributed by atoms with van der Waals surface area (Å²) in [5.74, 6) is -0.460. The SMILES string of the molecule is NC(=O)c1ccn(C2CCNCC2)n1. The fourth-order valence-corrected chi connectivity index (χ4v) is 1.74. The smallest absolute Gasteiger partial charge is 0.269 e. The molecule has 14 heavy (non-hydrogen) atoms. The van der Waals surface area contributed by atoms with E-state index in [4.69, 9.17) is 5.73 Å². The molecule has 0 bridgehead atoms. The van der Waals surface area contributed by atoms with Crippen molar-refractivity contribution in [3.63, 3.8) is 0 Å². The van der Waals surface area contributed by atoms with Crippen molar-refractivity contribution in [3.8, 4) is 0 Å². The van der Waals surface area contributed by atoms with Crippen LogP contribution in [-0.4, -0.2) is 28.8 Å². The van der Waals surface area contributed by atoms with Gasteiger partial charge in [-0.1, -0.05) is 0 Å². The molecule has 0 radical (unpaired) electrons. The van der Waals surface area contributed by atoms with E-state index in [2.05, 4.69) is 10.4 Å². The molecule has 76 valence electrons. The molecule has 2 rings (SSSR count). The Morgan fingerprint density at radius 2 is 2.29 bits per heavy atom. The molecular formula is C9H14N4O. The summed E-state index contributed by atoms with van der Waals surface area (Å²) in [6, 6.07) is 2.08. The number of carbonyl (C=O) groups excluding carboxylic acids is 1. The van der Waals surface area contributed by atoms with Gasteiger partial charge in [0.2, 0.25) is 0 Å². The Kier molecular flexibility index (Phi) is 2.49. The number of nitrogens with two attached hydrogens (primary N) is 1. The van der Waals surface area contributed by atoms with Crippen molar-refractivity contribution < 1.29 is 4.79 Å². The summed E-state index contributed by atoms with van der Waals surface area (Å²) in [5, 5.41) is 7.43. The standard InChI is InChI=1S/C9H14N4O/c10-9(14)8-3-6-13(12-8)7-1-4-11-5-2-7/h3,6-7,11H,1-2,4-5H2,(H2,10,14). The van der Waals surface area contributed by atoms with Crippen LogP contribution in [0, 0.1) is 0 Å². The second kappa shape index (κ2) is 3.79. The van der Waals surface area contributed by atoms with E-state index in [9.17, 15) is 4.79 Å². The van der Waals surface area contributed by atoms with E-state index in [1.807, 2.05) is 10.9 Å². The van der Waals surface area contributed by atoms with Crippen LogP contribution in [0.4, 0.5) is 0 Å². The summed E-state index contributed by atoms with van der Waals surface area (Å²) in [7, 11) is 0. The Hall–Kier alpha value is -1.36. The van der Waals surface area contributed by atoms with Crippen LogP contribution >= 0.6 is 0 Å². The lowest BCUT2D eigenvalue weighted by molar-refractivity contribution is 0.0994. The van der Waals surface area contributed by atoms with Crippen LogP contribution in [0.3, 0.4) is 0 Å². The van der Waals surface area contributed by atoms with Gasteiger partial charge in [-0.15, -0.1) is 0 Å². The molecule has 0 aromatic carbocycles. The summed E-state index contributed by atoms with van der Waals surface area (Å²) in [6.45, 7) is 2.02. The number of hydrogen-bond donors (Lipinski definition) is 2. The van der Waals surface area contributed by atoms with Crippen LogP contribution < -0.4 is 11.1 Å². The number of nitrogens with zero attached hydrogens (tertiary/aromatic N) is 2. The Morgan fingerprint density at radius 3 is 2.86 bits per heavy atom. The molecule has 0 aliphatic carbocycles. The Labute approximate surface area is 82.3 Å². The van der Waals surface area contributed by atoms with Gasteiger partial charge in [-0.2, -0.15) is 5.10 Å². The van der Waals surface area contributed by atoms with Crippen LogP contribution in [0.5, 0.6) is 0 Å². The van der Waals surface area contributed by atoms with Crippen molar-refractivity contribution in [2.45, 2.75) is 18.9 Å². The third-order valence-electron chi connectivity index (χ3n) is 2.54. The van der Waals surface area contributed by atoms with E-state index in [0.29, 0.717) is 11.7 Å². The molecule has 0 unspecified atom stereocenters. The minimum absolute atomic E-state index is 0.350. The van der Waals surface area contributed by atoms with Gasteiger partial charge in [0.1, 0.15) is 5.69 Å². The van der Waals surface area contributed by atoms with Crippen molar-refractivity contribution in [2.75, 3.05) is 13.1 Å². The third-order valence-corrected chi connectivity index (χ3v) is 2.54. The molecule has 1 amide bonds. The molecule has 2 heterocycles. The molecule has 1 aromatic heterocycles. The number of amides is 1. The lowest BCUT2D eigenvalue weighted by Crippen LogP contribution is -2.29. The molecule has 5 nitrogen and oxygen atoms in total. The topological polar surface area (TPSA) is 72.9 Å². The maximum Gasteiger partial charge on any atom is 0.269 e.